The molecular weight excluding hydrogens is 278 g/mol. The molecule has 0 aliphatic carbocycles. The molecule has 0 aromatic carbocycles. The minimum atomic E-state index is 0.798. The van der Waals surface area contributed by atoms with Crippen LogP contribution in [-0.2, 0) is 0 Å². The van der Waals surface area contributed by atoms with E-state index in [0.29, 0.717) is 0 Å². The van der Waals surface area contributed by atoms with Crippen molar-refractivity contribution in [2.45, 2.75) is 51.9 Å². The van der Waals surface area contributed by atoms with Crippen molar-refractivity contribution in [1.82, 2.24) is 4.98 Å². The van der Waals surface area contributed by atoms with Crippen LogP contribution in [0.2, 0.25) is 0 Å². The van der Waals surface area contributed by atoms with Gasteiger partial charge in [0.2, 0.25) is 0 Å². The minimum Gasteiger partial charge on any atom is -0.492 e. The van der Waals surface area contributed by atoms with Crippen LogP contribution in [0.1, 0.15) is 51.9 Å². The number of aromatic nitrogens is 1. The second kappa shape index (κ2) is 9.46. The normalized spacial score (nSPS) is 10.5. The van der Waals surface area contributed by atoms with Gasteiger partial charge in [0.05, 0.1) is 12.8 Å². The van der Waals surface area contributed by atoms with Crippen molar-refractivity contribution in [1.29, 1.82) is 0 Å². The summed E-state index contributed by atoms with van der Waals surface area (Å²) in [6.45, 7) is 3.05. The van der Waals surface area contributed by atoms with Crippen molar-refractivity contribution in [3.8, 4) is 5.75 Å². The molecule has 1 heterocycles. The molecule has 0 amide bonds. The van der Waals surface area contributed by atoms with Crippen LogP contribution in [0.15, 0.2) is 22.9 Å². The average molecular weight is 300 g/mol. The van der Waals surface area contributed by atoms with Crippen LogP contribution in [0.4, 0.5) is 0 Å². The zero-order valence-electron chi connectivity index (χ0n) is 10.6. The number of nitrogens with zero attached hydrogens (tertiary/aromatic N) is 1. The Morgan fingerprint density at radius 2 is 1.76 bits per heavy atom. The van der Waals surface area contributed by atoms with Gasteiger partial charge < -0.3 is 4.74 Å². The molecule has 0 saturated carbocycles. The van der Waals surface area contributed by atoms with Crippen molar-refractivity contribution in [2.24, 2.45) is 0 Å². The second-order valence-electron chi connectivity index (χ2n) is 4.31. The van der Waals surface area contributed by atoms with Crippen molar-refractivity contribution < 1.29 is 4.74 Å². The molecule has 1 aromatic rings. The molecule has 0 bridgehead atoms. The van der Waals surface area contributed by atoms with Gasteiger partial charge >= 0.3 is 0 Å². The molecule has 0 fully saturated rings. The lowest BCUT2D eigenvalue weighted by Crippen LogP contribution is -1.97. The molecule has 0 N–H and O–H groups in total. The molecule has 0 aliphatic heterocycles. The first-order valence-electron chi connectivity index (χ1n) is 6.56. The largest absolute Gasteiger partial charge is 0.492 e. The summed E-state index contributed by atoms with van der Waals surface area (Å²) in [6, 6.07) is 1.95. The molecule has 3 heteroatoms. The van der Waals surface area contributed by atoms with Gasteiger partial charge in [-0.3, -0.25) is 4.98 Å². The molecule has 0 saturated heterocycles. The minimum absolute atomic E-state index is 0.798. The zero-order chi connectivity index (χ0) is 12.3. The lowest BCUT2D eigenvalue weighted by molar-refractivity contribution is 0.303. The summed E-state index contributed by atoms with van der Waals surface area (Å²) in [6.07, 6.45) is 12.7. The smallest absolute Gasteiger partial charge is 0.138 e. The number of unbranched alkanes of at least 4 members (excludes halogenated alkanes) is 6. The number of hydrogen-bond acceptors (Lipinski definition) is 2. The maximum atomic E-state index is 5.62. The van der Waals surface area contributed by atoms with Gasteiger partial charge in [-0.15, -0.1) is 0 Å². The fourth-order valence-electron chi connectivity index (χ4n) is 1.72. The average Bonchev–Trinajstić information content (AvgIpc) is 2.33. The molecule has 17 heavy (non-hydrogen) atoms. The predicted molar refractivity (Wildman–Crippen MR) is 75.4 cm³/mol. The van der Waals surface area contributed by atoms with Gasteiger partial charge in [-0.1, -0.05) is 45.4 Å². The molecule has 0 unspecified atom stereocenters. The number of halogens is 1. The Morgan fingerprint density at radius 1 is 1.06 bits per heavy atom. The van der Waals surface area contributed by atoms with Crippen LogP contribution < -0.4 is 4.74 Å². The summed E-state index contributed by atoms with van der Waals surface area (Å²) >= 11 is 3.38. The van der Waals surface area contributed by atoms with E-state index in [2.05, 4.69) is 27.8 Å². The van der Waals surface area contributed by atoms with Gasteiger partial charge in [0.25, 0.3) is 0 Å². The Balaban J connectivity index is 1.97. The van der Waals surface area contributed by atoms with Gasteiger partial charge in [0.1, 0.15) is 5.75 Å². The third-order valence-electron chi connectivity index (χ3n) is 2.70. The topological polar surface area (TPSA) is 22.1 Å². The summed E-state index contributed by atoms with van der Waals surface area (Å²) in [5.41, 5.74) is 0. The molecule has 2 nitrogen and oxygen atoms in total. The number of ether oxygens (including phenoxy) is 1. The fraction of sp³-hybridized carbons (Fsp3) is 0.643. The molecule has 0 radical (unpaired) electrons. The first kappa shape index (κ1) is 14.5. The Bertz CT molecular complexity index is 304. The molecule has 0 aliphatic rings. The Morgan fingerprint density at radius 3 is 2.47 bits per heavy atom. The summed E-state index contributed by atoms with van der Waals surface area (Å²) < 4.78 is 6.59. The highest BCUT2D eigenvalue weighted by molar-refractivity contribution is 9.10. The van der Waals surface area contributed by atoms with Crippen molar-refractivity contribution in [3.05, 3.63) is 22.9 Å². The van der Waals surface area contributed by atoms with Gasteiger partial charge in [-0.2, -0.15) is 0 Å². The number of rotatable bonds is 9. The quantitative estimate of drug-likeness (QED) is 0.600. The van der Waals surface area contributed by atoms with Crippen LogP contribution >= 0.6 is 15.9 Å². The van der Waals surface area contributed by atoms with Gasteiger partial charge in [-0.05, 0) is 28.4 Å². The third-order valence-corrected chi connectivity index (χ3v) is 3.13. The van der Waals surface area contributed by atoms with Crippen molar-refractivity contribution in [2.75, 3.05) is 6.61 Å². The Labute approximate surface area is 113 Å². The fourth-order valence-corrected chi connectivity index (χ4v) is 2.06. The van der Waals surface area contributed by atoms with Gasteiger partial charge in [-0.25, -0.2) is 0 Å². The SMILES string of the molecule is CCCCCCCCCOc1cncc(Br)c1. The molecule has 0 spiro atoms. The van der Waals surface area contributed by atoms with Crippen LogP contribution in [0.3, 0.4) is 0 Å². The molecule has 0 atom stereocenters. The monoisotopic (exact) mass is 299 g/mol. The number of hydrogen-bond donors (Lipinski definition) is 0. The molecule has 1 rings (SSSR count). The second-order valence-corrected chi connectivity index (χ2v) is 5.22. The highest BCUT2D eigenvalue weighted by atomic mass is 79.9. The Kier molecular flexibility index (Phi) is 8.06. The summed E-state index contributed by atoms with van der Waals surface area (Å²) in [5, 5.41) is 0. The maximum Gasteiger partial charge on any atom is 0.138 e. The lowest BCUT2D eigenvalue weighted by Gasteiger charge is -2.05. The summed E-state index contributed by atoms with van der Waals surface area (Å²) in [4.78, 5) is 4.06. The first-order valence-corrected chi connectivity index (χ1v) is 7.35. The third kappa shape index (κ3) is 7.37. The van der Waals surface area contributed by atoms with Gasteiger partial charge in [0, 0.05) is 10.7 Å². The van der Waals surface area contributed by atoms with E-state index in [1.807, 2.05) is 6.07 Å². The van der Waals surface area contributed by atoms with E-state index in [4.69, 9.17) is 4.74 Å². The van der Waals surface area contributed by atoms with E-state index >= 15 is 0 Å². The van der Waals surface area contributed by atoms with E-state index in [0.717, 1.165) is 23.2 Å². The van der Waals surface area contributed by atoms with Crippen LogP contribution in [0, 0.1) is 0 Å². The summed E-state index contributed by atoms with van der Waals surface area (Å²) in [5.74, 6) is 0.852. The number of pyridine rings is 1. The van der Waals surface area contributed by atoms with Gasteiger partial charge in [0.15, 0.2) is 0 Å². The lowest BCUT2D eigenvalue weighted by atomic mass is 10.1. The highest BCUT2D eigenvalue weighted by Crippen LogP contribution is 2.16. The standard InChI is InChI=1S/C14H22BrNO/c1-2-3-4-5-6-7-8-9-17-14-10-13(15)11-16-12-14/h10-12H,2-9H2,1H3. The van der Waals surface area contributed by atoms with Crippen molar-refractivity contribution in [3.63, 3.8) is 0 Å². The maximum absolute atomic E-state index is 5.62. The molecular formula is C14H22BrNO. The zero-order valence-corrected chi connectivity index (χ0v) is 12.2. The Hall–Kier alpha value is -0.570. The van der Waals surface area contributed by atoms with Crippen molar-refractivity contribution >= 4 is 15.9 Å². The van der Waals surface area contributed by atoms with E-state index in [-0.39, 0.29) is 0 Å². The predicted octanol–water partition coefficient (Wildman–Crippen LogP) is 4.97. The van der Waals surface area contributed by atoms with E-state index in [1.54, 1.807) is 12.4 Å². The van der Waals surface area contributed by atoms with Crippen LogP contribution in [0.5, 0.6) is 5.75 Å². The van der Waals surface area contributed by atoms with E-state index < -0.39 is 0 Å². The van der Waals surface area contributed by atoms with E-state index in [1.165, 1.54) is 38.5 Å². The van der Waals surface area contributed by atoms with Crippen LogP contribution in [0.25, 0.3) is 0 Å². The first-order chi connectivity index (χ1) is 8.33. The van der Waals surface area contributed by atoms with Crippen LogP contribution in [-0.4, -0.2) is 11.6 Å². The highest BCUT2D eigenvalue weighted by Gasteiger charge is 1.96. The molecule has 96 valence electrons. The molecule has 1 aromatic heterocycles. The summed E-state index contributed by atoms with van der Waals surface area (Å²) in [7, 11) is 0. The van der Waals surface area contributed by atoms with E-state index in [9.17, 15) is 0 Å².